The summed E-state index contributed by atoms with van der Waals surface area (Å²) < 4.78 is 40.8. The van der Waals surface area contributed by atoms with E-state index in [1.165, 1.54) is 28.6 Å². The van der Waals surface area contributed by atoms with Crippen LogP contribution in [0.25, 0.3) is 0 Å². The number of amides is 1. The summed E-state index contributed by atoms with van der Waals surface area (Å²) in [5, 5.41) is 2.70. The molecule has 1 fully saturated rings. The van der Waals surface area contributed by atoms with Crippen LogP contribution in [0.1, 0.15) is 36.2 Å². The minimum atomic E-state index is -3.65. The van der Waals surface area contributed by atoms with Crippen LogP contribution in [0.15, 0.2) is 53.4 Å². The number of halogens is 1. The van der Waals surface area contributed by atoms with Gasteiger partial charge >= 0.3 is 0 Å². The highest BCUT2D eigenvalue weighted by Crippen LogP contribution is 2.27. The number of nitrogens with one attached hydrogen (secondary N) is 1. The molecule has 1 aliphatic rings. The SMILES string of the molecule is CC1CC(C)CN(S(=O)(=O)c2cccc(C(=O)NCc3cccc(F)c3)c2)C1. The lowest BCUT2D eigenvalue weighted by Crippen LogP contribution is -2.42. The van der Waals surface area contributed by atoms with Crippen molar-refractivity contribution in [3.8, 4) is 0 Å². The normalized spacial score (nSPS) is 20.7. The molecule has 7 heteroatoms. The van der Waals surface area contributed by atoms with Crippen LogP contribution >= 0.6 is 0 Å². The fraction of sp³-hybridized carbons (Fsp3) is 0.381. The maximum absolute atomic E-state index is 13.2. The first-order valence-electron chi connectivity index (χ1n) is 9.38. The van der Waals surface area contributed by atoms with Crippen molar-refractivity contribution in [3.05, 3.63) is 65.5 Å². The van der Waals surface area contributed by atoms with Gasteiger partial charge in [0.15, 0.2) is 0 Å². The summed E-state index contributed by atoms with van der Waals surface area (Å²) >= 11 is 0. The van der Waals surface area contributed by atoms with Crippen LogP contribution in [0.2, 0.25) is 0 Å². The maximum Gasteiger partial charge on any atom is 0.251 e. The van der Waals surface area contributed by atoms with E-state index in [1.807, 2.05) is 0 Å². The van der Waals surface area contributed by atoms with Gasteiger partial charge in [-0.25, -0.2) is 12.8 Å². The van der Waals surface area contributed by atoms with Gasteiger partial charge in [-0.1, -0.05) is 32.0 Å². The molecule has 0 saturated carbocycles. The Hall–Kier alpha value is -2.25. The van der Waals surface area contributed by atoms with Crippen molar-refractivity contribution in [1.29, 1.82) is 0 Å². The Morgan fingerprint density at radius 2 is 1.79 bits per heavy atom. The minimum absolute atomic E-state index is 0.118. The Kier molecular flexibility index (Phi) is 6.15. The average Bonchev–Trinajstić information content (AvgIpc) is 2.65. The molecule has 0 aliphatic carbocycles. The molecule has 1 aliphatic heterocycles. The van der Waals surface area contributed by atoms with E-state index in [9.17, 15) is 17.6 Å². The smallest absolute Gasteiger partial charge is 0.251 e. The van der Waals surface area contributed by atoms with Gasteiger partial charge in [-0.15, -0.1) is 0 Å². The number of benzene rings is 2. The van der Waals surface area contributed by atoms with Crippen molar-refractivity contribution in [2.24, 2.45) is 11.8 Å². The van der Waals surface area contributed by atoms with Crippen LogP contribution < -0.4 is 5.32 Å². The molecule has 1 N–H and O–H groups in total. The Morgan fingerprint density at radius 3 is 2.46 bits per heavy atom. The molecule has 0 aromatic heterocycles. The number of hydrogen-bond acceptors (Lipinski definition) is 3. The molecule has 1 saturated heterocycles. The summed E-state index contributed by atoms with van der Waals surface area (Å²) in [5.41, 5.74) is 0.893. The van der Waals surface area contributed by atoms with Gasteiger partial charge in [0, 0.05) is 25.2 Å². The van der Waals surface area contributed by atoms with Gasteiger partial charge in [-0.05, 0) is 54.2 Å². The van der Waals surface area contributed by atoms with Crippen LogP contribution in [0.5, 0.6) is 0 Å². The molecule has 150 valence electrons. The predicted molar refractivity (Wildman–Crippen MR) is 106 cm³/mol. The zero-order chi connectivity index (χ0) is 20.3. The Bertz CT molecular complexity index is 952. The van der Waals surface area contributed by atoms with E-state index in [0.717, 1.165) is 6.42 Å². The van der Waals surface area contributed by atoms with Crippen LogP contribution in [0.4, 0.5) is 4.39 Å². The van der Waals surface area contributed by atoms with Gasteiger partial charge in [-0.3, -0.25) is 4.79 Å². The first kappa shape index (κ1) is 20.5. The maximum atomic E-state index is 13.2. The second kappa shape index (κ2) is 8.41. The molecule has 2 unspecified atom stereocenters. The highest BCUT2D eigenvalue weighted by molar-refractivity contribution is 7.89. The Morgan fingerprint density at radius 1 is 1.11 bits per heavy atom. The Labute approximate surface area is 165 Å². The van der Waals surface area contributed by atoms with Crippen LogP contribution in [-0.2, 0) is 16.6 Å². The second-order valence-corrected chi connectivity index (χ2v) is 9.55. The van der Waals surface area contributed by atoms with Crippen molar-refractivity contribution in [2.75, 3.05) is 13.1 Å². The number of carbonyl (C=O) groups excluding carboxylic acids is 1. The van der Waals surface area contributed by atoms with E-state index >= 15 is 0 Å². The van der Waals surface area contributed by atoms with Gasteiger partial charge < -0.3 is 5.32 Å². The highest BCUT2D eigenvalue weighted by Gasteiger charge is 2.31. The lowest BCUT2D eigenvalue weighted by molar-refractivity contribution is 0.0950. The van der Waals surface area contributed by atoms with E-state index < -0.39 is 15.9 Å². The first-order valence-corrected chi connectivity index (χ1v) is 10.8. The fourth-order valence-electron chi connectivity index (χ4n) is 3.68. The van der Waals surface area contributed by atoms with Gasteiger partial charge in [0.05, 0.1) is 4.90 Å². The van der Waals surface area contributed by atoms with Crippen molar-refractivity contribution < 1.29 is 17.6 Å². The van der Waals surface area contributed by atoms with Gasteiger partial charge in [-0.2, -0.15) is 4.31 Å². The van der Waals surface area contributed by atoms with E-state index in [4.69, 9.17) is 0 Å². The minimum Gasteiger partial charge on any atom is -0.348 e. The third-order valence-electron chi connectivity index (χ3n) is 4.91. The third-order valence-corrected chi connectivity index (χ3v) is 6.74. The summed E-state index contributed by atoms with van der Waals surface area (Å²) in [6.45, 7) is 5.24. The first-order chi connectivity index (χ1) is 13.3. The number of nitrogens with zero attached hydrogens (tertiary/aromatic N) is 1. The fourth-order valence-corrected chi connectivity index (χ4v) is 5.41. The molecule has 0 bridgehead atoms. The largest absolute Gasteiger partial charge is 0.348 e. The van der Waals surface area contributed by atoms with Gasteiger partial charge in [0.2, 0.25) is 10.0 Å². The van der Waals surface area contributed by atoms with Crippen molar-refractivity contribution in [3.63, 3.8) is 0 Å². The average molecular weight is 405 g/mol. The lowest BCUT2D eigenvalue weighted by atomic mass is 9.94. The molecule has 28 heavy (non-hydrogen) atoms. The monoisotopic (exact) mass is 404 g/mol. The highest BCUT2D eigenvalue weighted by atomic mass is 32.2. The van der Waals surface area contributed by atoms with E-state index in [-0.39, 0.29) is 22.8 Å². The number of carbonyl (C=O) groups is 1. The molecule has 1 heterocycles. The van der Waals surface area contributed by atoms with Crippen LogP contribution in [0, 0.1) is 17.7 Å². The third kappa shape index (κ3) is 4.77. The van der Waals surface area contributed by atoms with Gasteiger partial charge in [0.25, 0.3) is 5.91 Å². The van der Waals surface area contributed by atoms with E-state index in [0.29, 0.717) is 30.5 Å². The second-order valence-electron chi connectivity index (χ2n) is 7.61. The van der Waals surface area contributed by atoms with Crippen molar-refractivity contribution >= 4 is 15.9 Å². The molecule has 2 aromatic rings. The Balaban J connectivity index is 1.74. The topological polar surface area (TPSA) is 66.5 Å². The number of rotatable bonds is 5. The molecule has 1 amide bonds. The summed E-state index contributed by atoms with van der Waals surface area (Å²) in [7, 11) is -3.65. The zero-order valence-corrected chi connectivity index (χ0v) is 16.9. The summed E-state index contributed by atoms with van der Waals surface area (Å²) in [6.07, 6.45) is 1.01. The van der Waals surface area contributed by atoms with E-state index in [1.54, 1.807) is 24.3 Å². The summed E-state index contributed by atoms with van der Waals surface area (Å²) in [6, 6.07) is 12.0. The van der Waals surface area contributed by atoms with Crippen LogP contribution in [0.3, 0.4) is 0 Å². The predicted octanol–water partition coefficient (Wildman–Crippen LogP) is 3.42. The lowest BCUT2D eigenvalue weighted by Gasteiger charge is -2.34. The number of sulfonamides is 1. The molecule has 5 nitrogen and oxygen atoms in total. The number of hydrogen-bond donors (Lipinski definition) is 1. The summed E-state index contributed by atoms with van der Waals surface area (Å²) in [5.74, 6) is -0.168. The number of piperidine rings is 1. The van der Waals surface area contributed by atoms with E-state index in [2.05, 4.69) is 19.2 Å². The molecular weight excluding hydrogens is 379 g/mol. The zero-order valence-electron chi connectivity index (χ0n) is 16.1. The quantitative estimate of drug-likeness (QED) is 0.830. The molecule has 2 aromatic carbocycles. The molecule has 0 radical (unpaired) electrons. The molecule has 0 spiro atoms. The summed E-state index contributed by atoms with van der Waals surface area (Å²) in [4.78, 5) is 12.6. The molecular formula is C21H25FN2O3S. The van der Waals surface area contributed by atoms with Gasteiger partial charge in [0.1, 0.15) is 5.82 Å². The molecule has 2 atom stereocenters. The standard InChI is InChI=1S/C21H25FN2O3S/c1-15-9-16(2)14-24(13-15)28(26,27)20-8-4-6-18(11-20)21(25)23-12-17-5-3-7-19(22)10-17/h3-8,10-11,15-16H,9,12-14H2,1-2H3,(H,23,25). The van der Waals surface area contributed by atoms with Crippen molar-refractivity contribution in [1.82, 2.24) is 9.62 Å². The van der Waals surface area contributed by atoms with Crippen molar-refractivity contribution in [2.45, 2.75) is 31.7 Å². The molecule has 3 rings (SSSR count). The van der Waals surface area contributed by atoms with Crippen LogP contribution in [-0.4, -0.2) is 31.7 Å².